The molecule has 0 saturated carbocycles. The van der Waals surface area contributed by atoms with E-state index in [0.29, 0.717) is 37.7 Å². The van der Waals surface area contributed by atoms with E-state index in [9.17, 15) is 9.59 Å². The number of amides is 2. The van der Waals surface area contributed by atoms with E-state index >= 15 is 0 Å². The maximum atomic E-state index is 12.5. The van der Waals surface area contributed by atoms with Gasteiger partial charge in [-0.25, -0.2) is 0 Å². The third-order valence-electron chi connectivity index (χ3n) is 4.79. The lowest BCUT2D eigenvalue weighted by Crippen LogP contribution is -2.41. The number of benzene rings is 2. The Labute approximate surface area is 185 Å². The molecule has 0 saturated heterocycles. The zero-order valence-electron chi connectivity index (χ0n) is 19.2. The summed E-state index contributed by atoms with van der Waals surface area (Å²) >= 11 is 0. The van der Waals surface area contributed by atoms with Crippen LogP contribution in [0.15, 0.2) is 48.5 Å². The van der Waals surface area contributed by atoms with Crippen LogP contribution in [0.2, 0.25) is 0 Å². The molecule has 2 aromatic carbocycles. The molecule has 0 aromatic heterocycles. The quantitative estimate of drug-likeness (QED) is 0.556. The molecule has 1 atom stereocenters. The van der Waals surface area contributed by atoms with Crippen LogP contribution in [0.3, 0.4) is 0 Å². The molecule has 168 valence electrons. The molecular formula is C25H34N2O4. The lowest BCUT2D eigenvalue weighted by Gasteiger charge is -2.19. The second kappa shape index (κ2) is 11.6. The Hall–Kier alpha value is -2.70. The minimum atomic E-state index is -0.680. The standard InChI is InChI=1S/C25H34N2O4/c1-6-30-14-15-31-17-19-8-7-9-22(16-19)27-23(28)18(2)26-24(29)20-10-12-21(13-11-20)25(3,4)5/h7-13,16,18H,6,14-15,17H2,1-5H3,(H,26,29)(H,27,28). The van der Waals surface area contributed by atoms with E-state index in [0.717, 1.165) is 11.1 Å². The van der Waals surface area contributed by atoms with Gasteiger partial charge in [-0.05, 0) is 54.7 Å². The van der Waals surface area contributed by atoms with Gasteiger partial charge in [0.05, 0.1) is 19.8 Å². The van der Waals surface area contributed by atoms with Crippen molar-refractivity contribution in [2.45, 2.75) is 52.7 Å². The van der Waals surface area contributed by atoms with E-state index in [2.05, 4.69) is 31.4 Å². The van der Waals surface area contributed by atoms with Gasteiger partial charge in [-0.1, -0.05) is 45.0 Å². The average molecular weight is 427 g/mol. The molecule has 0 aliphatic carbocycles. The number of ether oxygens (including phenoxy) is 2. The zero-order valence-corrected chi connectivity index (χ0v) is 19.2. The van der Waals surface area contributed by atoms with Crippen molar-refractivity contribution in [3.8, 4) is 0 Å². The Morgan fingerprint density at radius 3 is 2.32 bits per heavy atom. The molecule has 2 amide bonds. The molecule has 0 heterocycles. The zero-order chi connectivity index (χ0) is 22.9. The minimum Gasteiger partial charge on any atom is -0.379 e. The topological polar surface area (TPSA) is 76.7 Å². The summed E-state index contributed by atoms with van der Waals surface area (Å²) in [4.78, 5) is 25.0. The summed E-state index contributed by atoms with van der Waals surface area (Å²) in [6, 6.07) is 14.2. The lowest BCUT2D eigenvalue weighted by molar-refractivity contribution is -0.117. The van der Waals surface area contributed by atoms with Crippen LogP contribution in [0.5, 0.6) is 0 Å². The fraction of sp³-hybridized carbons (Fsp3) is 0.440. The molecule has 1 unspecified atom stereocenters. The Kier molecular flexibility index (Phi) is 9.21. The van der Waals surface area contributed by atoms with Crippen molar-refractivity contribution in [2.24, 2.45) is 0 Å². The molecule has 6 nitrogen and oxygen atoms in total. The SMILES string of the molecule is CCOCCOCc1cccc(NC(=O)C(C)NC(=O)c2ccc(C(C)(C)C)cc2)c1. The Morgan fingerprint density at radius 2 is 1.68 bits per heavy atom. The monoisotopic (exact) mass is 426 g/mol. The molecule has 0 bridgehead atoms. The fourth-order valence-electron chi connectivity index (χ4n) is 2.91. The van der Waals surface area contributed by atoms with Gasteiger partial charge in [0.2, 0.25) is 5.91 Å². The summed E-state index contributed by atoms with van der Waals surface area (Å²) < 4.78 is 10.8. The first-order chi connectivity index (χ1) is 14.7. The van der Waals surface area contributed by atoms with E-state index in [1.165, 1.54) is 0 Å². The van der Waals surface area contributed by atoms with Gasteiger partial charge in [-0.3, -0.25) is 9.59 Å². The molecule has 0 aliphatic rings. The summed E-state index contributed by atoms with van der Waals surface area (Å²) in [6.07, 6.45) is 0. The average Bonchev–Trinajstić information content (AvgIpc) is 2.73. The normalized spacial score (nSPS) is 12.3. The largest absolute Gasteiger partial charge is 0.379 e. The molecule has 0 aliphatic heterocycles. The summed E-state index contributed by atoms with van der Waals surface area (Å²) in [5.41, 5.74) is 3.30. The number of rotatable bonds is 10. The van der Waals surface area contributed by atoms with Crippen LogP contribution >= 0.6 is 0 Å². The second-order valence-corrected chi connectivity index (χ2v) is 8.46. The highest BCUT2D eigenvalue weighted by molar-refractivity contribution is 6.01. The van der Waals surface area contributed by atoms with Gasteiger partial charge in [0.1, 0.15) is 6.04 Å². The van der Waals surface area contributed by atoms with E-state index < -0.39 is 6.04 Å². The number of nitrogens with one attached hydrogen (secondary N) is 2. The van der Waals surface area contributed by atoms with Crippen molar-refractivity contribution in [1.29, 1.82) is 0 Å². The fourth-order valence-corrected chi connectivity index (χ4v) is 2.91. The molecule has 0 radical (unpaired) electrons. The first kappa shape index (κ1) is 24.6. The van der Waals surface area contributed by atoms with Gasteiger partial charge in [-0.2, -0.15) is 0 Å². The Balaban J connectivity index is 1.87. The van der Waals surface area contributed by atoms with Gasteiger partial charge >= 0.3 is 0 Å². The van der Waals surface area contributed by atoms with Gasteiger partial charge in [0.15, 0.2) is 0 Å². The van der Waals surface area contributed by atoms with Gasteiger partial charge in [-0.15, -0.1) is 0 Å². The van der Waals surface area contributed by atoms with E-state index in [-0.39, 0.29) is 17.2 Å². The molecule has 2 N–H and O–H groups in total. The Morgan fingerprint density at radius 1 is 1.00 bits per heavy atom. The van der Waals surface area contributed by atoms with Crippen molar-refractivity contribution >= 4 is 17.5 Å². The van der Waals surface area contributed by atoms with Crippen LogP contribution in [-0.2, 0) is 26.3 Å². The van der Waals surface area contributed by atoms with E-state index in [4.69, 9.17) is 9.47 Å². The molecule has 0 fully saturated rings. The van der Waals surface area contributed by atoms with E-state index in [1.807, 2.05) is 37.3 Å². The first-order valence-electron chi connectivity index (χ1n) is 10.7. The highest BCUT2D eigenvalue weighted by Gasteiger charge is 2.18. The Bertz CT molecular complexity index is 857. The molecule has 6 heteroatoms. The number of anilines is 1. The van der Waals surface area contributed by atoms with Crippen molar-refractivity contribution in [3.05, 3.63) is 65.2 Å². The maximum absolute atomic E-state index is 12.5. The van der Waals surface area contributed by atoms with Crippen molar-refractivity contribution in [3.63, 3.8) is 0 Å². The smallest absolute Gasteiger partial charge is 0.251 e. The third kappa shape index (κ3) is 8.15. The molecule has 31 heavy (non-hydrogen) atoms. The molecule has 0 spiro atoms. The van der Waals surface area contributed by atoms with Crippen LogP contribution in [-0.4, -0.2) is 37.7 Å². The third-order valence-corrected chi connectivity index (χ3v) is 4.79. The molecule has 2 aromatic rings. The number of carbonyl (C=O) groups excluding carboxylic acids is 2. The van der Waals surface area contributed by atoms with Gasteiger partial charge < -0.3 is 20.1 Å². The van der Waals surface area contributed by atoms with Crippen molar-refractivity contribution in [1.82, 2.24) is 5.32 Å². The maximum Gasteiger partial charge on any atom is 0.251 e. The van der Waals surface area contributed by atoms with Crippen molar-refractivity contribution in [2.75, 3.05) is 25.1 Å². The summed E-state index contributed by atoms with van der Waals surface area (Å²) in [6.45, 7) is 12.2. The predicted octanol–water partition coefficient (Wildman–Crippen LogP) is 4.29. The number of carbonyl (C=O) groups is 2. The van der Waals surface area contributed by atoms with Crippen LogP contribution in [0.25, 0.3) is 0 Å². The lowest BCUT2D eigenvalue weighted by atomic mass is 9.86. The molecular weight excluding hydrogens is 392 g/mol. The minimum absolute atomic E-state index is 0.0189. The van der Waals surface area contributed by atoms with Crippen LogP contribution in [0.1, 0.15) is 56.1 Å². The van der Waals surface area contributed by atoms with Crippen LogP contribution in [0.4, 0.5) is 5.69 Å². The van der Waals surface area contributed by atoms with Crippen LogP contribution in [0, 0.1) is 0 Å². The summed E-state index contributed by atoms with van der Waals surface area (Å²) in [7, 11) is 0. The highest BCUT2D eigenvalue weighted by atomic mass is 16.5. The summed E-state index contributed by atoms with van der Waals surface area (Å²) in [5, 5.41) is 5.60. The van der Waals surface area contributed by atoms with Gasteiger partial charge in [0, 0.05) is 17.9 Å². The predicted molar refractivity (Wildman–Crippen MR) is 123 cm³/mol. The van der Waals surface area contributed by atoms with Crippen molar-refractivity contribution < 1.29 is 19.1 Å². The second-order valence-electron chi connectivity index (χ2n) is 8.46. The van der Waals surface area contributed by atoms with Gasteiger partial charge in [0.25, 0.3) is 5.91 Å². The first-order valence-corrected chi connectivity index (χ1v) is 10.7. The molecule has 2 rings (SSSR count). The van der Waals surface area contributed by atoms with E-state index in [1.54, 1.807) is 25.1 Å². The number of hydrogen-bond donors (Lipinski definition) is 2. The van der Waals surface area contributed by atoms with Crippen LogP contribution < -0.4 is 10.6 Å². The number of hydrogen-bond acceptors (Lipinski definition) is 4. The highest BCUT2D eigenvalue weighted by Crippen LogP contribution is 2.22. The summed E-state index contributed by atoms with van der Waals surface area (Å²) in [5.74, 6) is -0.561.